The number of aliphatic imine (C=N–C) groups is 1. The molecule has 2 fully saturated rings. The molecule has 0 spiro atoms. The third-order valence-electron chi connectivity index (χ3n) is 4.83. The van der Waals surface area contributed by atoms with Crippen LogP contribution in [0.15, 0.2) is 4.99 Å². The molecule has 1 aliphatic heterocycles. The number of piperidine rings is 1. The summed E-state index contributed by atoms with van der Waals surface area (Å²) in [7, 11) is 0. The van der Waals surface area contributed by atoms with Crippen molar-refractivity contribution in [3.63, 3.8) is 0 Å². The minimum Gasteiger partial charge on any atom is -0.387 e. The van der Waals surface area contributed by atoms with E-state index >= 15 is 0 Å². The van der Waals surface area contributed by atoms with Gasteiger partial charge in [0.2, 0.25) is 0 Å². The number of nitrogens with one attached hydrogen (secondary N) is 2. The normalized spacial score (nSPS) is 29.2. The molecule has 2 atom stereocenters. The van der Waals surface area contributed by atoms with E-state index in [0.717, 1.165) is 44.2 Å². The lowest BCUT2D eigenvalue weighted by Gasteiger charge is -2.44. The Bertz CT molecular complexity index is 374. The minimum absolute atomic E-state index is 0.354. The van der Waals surface area contributed by atoms with Crippen LogP contribution in [0.1, 0.15) is 46.0 Å². The summed E-state index contributed by atoms with van der Waals surface area (Å²) in [5, 5.41) is 17.7. The number of likely N-dealkylation sites (tertiary alicyclic amines) is 1. The standard InChI is InChI=1S/C17H34N4OS/c1-3-18-16(19-10-13-21-11-6-5-7-12-21)20-14-17(22)9-8-15(17)23-4-2/h15,22H,3-14H2,1-2H3,(H2,18,19,20). The van der Waals surface area contributed by atoms with Crippen molar-refractivity contribution in [2.24, 2.45) is 4.99 Å². The van der Waals surface area contributed by atoms with Crippen molar-refractivity contribution >= 4 is 17.7 Å². The van der Waals surface area contributed by atoms with Crippen molar-refractivity contribution in [2.45, 2.75) is 56.8 Å². The maximum Gasteiger partial charge on any atom is 0.191 e. The highest BCUT2D eigenvalue weighted by Gasteiger charge is 2.45. The molecule has 23 heavy (non-hydrogen) atoms. The summed E-state index contributed by atoms with van der Waals surface area (Å²) in [5.41, 5.74) is -0.601. The quantitative estimate of drug-likeness (QED) is 0.463. The Morgan fingerprint density at radius 1 is 1.26 bits per heavy atom. The molecule has 3 N–H and O–H groups in total. The van der Waals surface area contributed by atoms with Crippen molar-refractivity contribution in [3.05, 3.63) is 0 Å². The molecule has 2 unspecified atom stereocenters. The molecule has 0 aromatic rings. The Balaban J connectivity index is 1.75. The zero-order valence-corrected chi connectivity index (χ0v) is 15.6. The Morgan fingerprint density at radius 3 is 2.65 bits per heavy atom. The lowest BCUT2D eigenvalue weighted by atomic mass is 9.79. The Morgan fingerprint density at radius 2 is 2.04 bits per heavy atom. The monoisotopic (exact) mass is 342 g/mol. The summed E-state index contributed by atoms with van der Waals surface area (Å²) in [6, 6.07) is 0. The van der Waals surface area contributed by atoms with Crippen molar-refractivity contribution in [1.82, 2.24) is 15.5 Å². The molecule has 1 saturated heterocycles. The number of aliphatic hydroxyl groups is 1. The molecule has 2 aliphatic rings. The first-order valence-corrected chi connectivity index (χ1v) is 10.3. The fourth-order valence-corrected chi connectivity index (χ4v) is 4.48. The molecule has 134 valence electrons. The van der Waals surface area contributed by atoms with Gasteiger partial charge in [-0.1, -0.05) is 13.3 Å². The summed E-state index contributed by atoms with van der Waals surface area (Å²) >= 11 is 1.86. The third kappa shape index (κ3) is 5.84. The Hall–Kier alpha value is -0.460. The summed E-state index contributed by atoms with van der Waals surface area (Å²) in [4.78, 5) is 7.16. The van der Waals surface area contributed by atoms with Crippen LogP contribution in [0.4, 0.5) is 0 Å². The van der Waals surface area contributed by atoms with Crippen molar-refractivity contribution in [2.75, 3.05) is 45.0 Å². The van der Waals surface area contributed by atoms with Crippen LogP contribution in [0.2, 0.25) is 0 Å². The molecule has 0 aromatic carbocycles. The van der Waals surface area contributed by atoms with Gasteiger partial charge in [0.05, 0.1) is 12.1 Å². The van der Waals surface area contributed by atoms with E-state index in [9.17, 15) is 5.11 Å². The van der Waals surface area contributed by atoms with E-state index < -0.39 is 5.60 Å². The van der Waals surface area contributed by atoms with Gasteiger partial charge in [0.25, 0.3) is 0 Å². The topological polar surface area (TPSA) is 59.9 Å². The lowest BCUT2D eigenvalue weighted by Crippen LogP contribution is -2.53. The van der Waals surface area contributed by atoms with Gasteiger partial charge in [-0.2, -0.15) is 11.8 Å². The molecular formula is C17H34N4OS. The van der Waals surface area contributed by atoms with Gasteiger partial charge in [-0.05, 0) is 51.4 Å². The minimum atomic E-state index is -0.601. The average molecular weight is 343 g/mol. The second kappa shape index (κ2) is 9.74. The summed E-state index contributed by atoms with van der Waals surface area (Å²) < 4.78 is 0. The molecular weight excluding hydrogens is 308 g/mol. The van der Waals surface area contributed by atoms with Gasteiger partial charge in [-0.3, -0.25) is 4.99 Å². The van der Waals surface area contributed by atoms with Crippen LogP contribution in [0.5, 0.6) is 0 Å². The number of guanidine groups is 1. The predicted molar refractivity (Wildman–Crippen MR) is 100 cm³/mol. The van der Waals surface area contributed by atoms with E-state index in [4.69, 9.17) is 0 Å². The lowest BCUT2D eigenvalue weighted by molar-refractivity contribution is -0.0154. The zero-order chi connectivity index (χ0) is 16.5. The van der Waals surface area contributed by atoms with E-state index in [1.54, 1.807) is 0 Å². The van der Waals surface area contributed by atoms with Crippen LogP contribution in [-0.2, 0) is 0 Å². The number of rotatable bonds is 8. The van der Waals surface area contributed by atoms with E-state index in [2.05, 4.69) is 34.4 Å². The first-order chi connectivity index (χ1) is 11.2. The second-order valence-electron chi connectivity index (χ2n) is 6.61. The molecule has 0 bridgehead atoms. The van der Waals surface area contributed by atoms with Gasteiger partial charge < -0.3 is 20.6 Å². The SMILES string of the molecule is CCNC(=NCC1(O)CCC1SCC)NCCN1CCCCC1. The first kappa shape index (κ1) is 18.9. The van der Waals surface area contributed by atoms with Gasteiger partial charge in [-0.25, -0.2) is 0 Å². The molecule has 1 aliphatic carbocycles. The number of nitrogens with zero attached hydrogens (tertiary/aromatic N) is 2. The molecule has 0 aromatic heterocycles. The van der Waals surface area contributed by atoms with E-state index in [1.165, 1.54) is 32.4 Å². The van der Waals surface area contributed by atoms with Crippen LogP contribution in [-0.4, -0.2) is 71.8 Å². The Kier molecular flexibility index (Phi) is 7.99. The average Bonchev–Trinajstić information content (AvgIpc) is 2.57. The molecule has 0 radical (unpaired) electrons. The third-order valence-corrected chi connectivity index (χ3v) is 6.24. The largest absolute Gasteiger partial charge is 0.387 e. The summed E-state index contributed by atoms with van der Waals surface area (Å²) in [6.45, 7) is 10.0. The molecule has 5 nitrogen and oxygen atoms in total. The van der Waals surface area contributed by atoms with Crippen LogP contribution >= 0.6 is 11.8 Å². The number of thioether (sulfide) groups is 1. The maximum atomic E-state index is 10.7. The van der Waals surface area contributed by atoms with Crippen LogP contribution in [0, 0.1) is 0 Å². The summed E-state index contributed by atoms with van der Waals surface area (Å²) in [6.07, 6.45) is 6.03. The van der Waals surface area contributed by atoms with E-state index in [-0.39, 0.29) is 0 Å². The van der Waals surface area contributed by atoms with Crippen molar-refractivity contribution < 1.29 is 5.11 Å². The van der Waals surface area contributed by atoms with Gasteiger partial charge in [0, 0.05) is 24.9 Å². The highest BCUT2D eigenvalue weighted by molar-refractivity contribution is 8.00. The number of hydrogen-bond acceptors (Lipinski definition) is 4. The molecule has 6 heteroatoms. The second-order valence-corrected chi connectivity index (χ2v) is 8.09. The van der Waals surface area contributed by atoms with Crippen molar-refractivity contribution in [3.8, 4) is 0 Å². The predicted octanol–water partition coefficient (Wildman–Crippen LogP) is 1.67. The van der Waals surface area contributed by atoms with E-state index in [1.807, 2.05) is 11.8 Å². The van der Waals surface area contributed by atoms with Crippen LogP contribution in [0.25, 0.3) is 0 Å². The fourth-order valence-electron chi connectivity index (χ4n) is 3.29. The van der Waals surface area contributed by atoms with Crippen LogP contribution in [0.3, 0.4) is 0 Å². The molecule has 1 saturated carbocycles. The molecule has 2 rings (SSSR count). The van der Waals surface area contributed by atoms with Gasteiger partial charge in [-0.15, -0.1) is 0 Å². The Labute approximate surface area is 145 Å². The van der Waals surface area contributed by atoms with Crippen molar-refractivity contribution in [1.29, 1.82) is 0 Å². The molecule has 1 heterocycles. The highest BCUT2D eigenvalue weighted by Crippen LogP contribution is 2.41. The first-order valence-electron chi connectivity index (χ1n) is 9.26. The molecule has 0 amide bonds. The maximum absolute atomic E-state index is 10.7. The number of hydrogen-bond donors (Lipinski definition) is 3. The smallest absolute Gasteiger partial charge is 0.191 e. The van der Waals surface area contributed by atoms with Gasteiger partial charge in [0.15, 0.2) is 5.96 Å². The van der Waals surface area contributed by atoms with Crippen LogP contribution < -0.4 is 10.6 Å². The van der Waals surface area contributed by atoms with Gasteiger partial charge >= 0.3 is 0 Å². The zero-order valence-electron chi connectivity index (χ0n) is 14.8. The highest BCUT2D eigenvalue weighted by atomic mass is 32.2. The van der Waals surface area contributed by atoms with Gasteiger partial charge in [0.1, 0.15) is 0 Å². The van der Waals surface area contributed by atoms with E-state index in [0.29, 0.717) is 11.8 Å². The summed E-state index contributed by atoms with van der Waals surface area (Å²) in [5.74, 6) is 1.90. The fraction of sp³-hybridized carbons (Fsp3) is 0.941.